The molecule has 26 heavy (non-hydrogen) atoms. The number of aryl methyl sites for hydroxylation is 1. The number of anilines is 2. The Kier molecular flexibility index (Phi) is 4.55. The second-order valence-electron chi connectivity index (χ2n) is 7.49. The van der Waals surface area contributed by atoms with Crippen molar-refractivity contribution < 1.29 is 4.79 Å². The quantitative estimate of drug-likeness (QED) is 0.737. The summed E-state index contributed by atoms with van der Waals surface area (Å²) < 4.78 is 1.67. The lowest BCUT2D eigenvalue weighted by Crippen LogP contribution is -2.12. The molecule has 0 atom stereocenters. The fraction of sp³-hybridized carbons (Fsp3) is 0.238. The zero-order valence-electron chi connectivity index (χ0n) is 15.6. The van der Waals surface area contributed by atoms with Crippen LogP contribution in [0.1, 0.15) is 42.3 Å². The Morgan fingerprint density at radius 1 is 1.04 bits per heavy atom. The number of carbonyl (C=O) groups is 1. The molecule has 0 bridgehead atoms. The molecule has 0 spiro atoms. The Labute approximate surface area is 153 Å². The normalized spacial score (nSPS) is 11.4. The first kappa shape index (κ1) is 17.7. The lowest BCUT2D eigenvalue weighted by atomic mass is 9.87. The van der Waals surface area contributed by atoms with Gasteiger partial charge in [0.1, 0.15) is 5.56 Å². The first-order valence-electron chi connectivity index (χ1n) is 8.58. The Morgan fingerprint density at radius 2 is 1.65 bits per heavy atom. The zero-order chi connectivity index (χ0) is 18.9. The third kappa shape index (κ3) is 3.77. The molecule has 0 aliphatic heterocycles. The molecule has 0 saturated carbocycles. The smallest absolute Gasteiger partial charge is 0.254 e. The van der Waals surface area contributed by atoms with Crippen LogP contribution in [0.5, 0.6) is 0 Å². The topological polar surface area (TPSA) is 72.9 Å². The van der Waals surface area contributed by atoms with Crippen LogP contribution in [0.3, 0.4) is 0 Å². The van der Waals surface area contributed by atoms with E-state index in [-0.39, 0.29) is 5.41 Å². The second kappa shape index (κ2) is 6.67. The molecule has 5 nitrogen and oxygen atoms in total. The number of hydrogen-bond acceptors (Lipinski definition) is 3. The van der Waals surface area contributed by atoms with Crippen LogP contribution in [-0.4, -0.2) is 15.7 Å². The van der Waals surface area contributed by atoms with Gasteiger partial charge in [-0.05, 0) is 42.2 Å². The van der Waals surface area contributed by atoms with E-state index < -0.39 is 5.91 Å². The zero-order valence-corrected chi connectivity index (χ0v) is 15.6. The third-order valence-corrected chi connectivity index (χ3v) is 4.29. The van der Waals surface area contributed by atoms with Crippen LogP contribution in [0.4, 0.5) is 11.5 Å². The average molecular weight is 348 g/mol. The molecular weight excluding hydrogens is 324 g/mol. The van der Waals surface area contributed by atoms with Gasteiger partial charge in [0, 0.05) is 11.9 Å². The summed E-state index contributed by atoms with van der Waals surface area (Å²) in [5.74, 6) is -0.0709. The van der Waals surface area contributed by atoms with Gasteiger partial charge < -0.3 is 11.1 Å². The predicted molar refractivity (Wildman–Crippen MR) is 105 cm³/mol. The Morgan fingerprint density at radius 3 is 2.19 bits per heavy atom. The molecule has 0 unspecified atom stereocenters. The van der Waals surface area contributed by atoms with Crippen molar-refractivity contribution in [1.82, 2.24) is 9.78 Å². The second-order valence-corrected chi connectivity index (χ2v) is 7.49. The molecule has 0 saturated heterocycles. The maximum absolute atomic E-state index is 11.8. The molecule has 0 fully saturated rings. The lowest BCUT2D eigenvalue weighted by Gasteiger charge is -2.19. The number of carbonyl (C=O) groups excluding carboxylic acids is 1. The van der Waals surface area contributed by atoms with Crippen LogP contribution in [0.15, 0.2) is 54.7 Å². The molecule has 1 aromatic heterocycles. The van der Waals surface area contributed by atoms with Gasteiger partial charge in [0.2, 0.25) is 0 Å². The summed E-state index contributed by atoms with van der Waals surface area (Å²) in [6.07, 6.45) is 1.66. The van der Waals surface area contributed by atoms with Crippen molar-refractivity contribution in [3.8, 4) is 5.69 Å². The van der Waals surface area contributed by atoms with Gasteiger partial charge in [0.15, 0.2) is 5.82 Å². The number of primary amides is 1. The highest BCUT2D eigenvalue weighted by Crippen LogP contribution is 2.25. The minimum atomic E-state index is -0.517. The van der Waals surface area contributed by atoms with E-state index in [0.717, 1.165) is 16.9 Å². The van der Waals surface area contributed by atoms with Crippen molar-refractivity contribution in [2.45, 2.75) is 33.1 Å². The number of aromatic nitrogens is 2. The Hall–Kier alpha value is -3.08. The molecule has 0 aliphatic carbocycles. The Balaban J connectivity index is 1.94. The van der Waals surface area contributed by atoms with Crippen molar-refractivity contribution in [3.05, 3.63) is 71.4 Å². The van der Waals surface area contributed by atoms with E-state index in [1.165, 1.54) is 5.56 Å². The van der Waals surface area contributed by atoms with E-state index in [0.29, 0.717) is 11.4 Å². The first-order valence-corrected chi connectivity index (χ1v) is 8.58. The van der Waals surface area contributed by atoms with Gasteiger partial charge in [-0.15, -0.1) is 5.10 Å². The molecule has 0 radical (unpaired) electrons. The molecule has 5 heteroatoms. The van der Waals surface area contributed by atoms with Gasteiger partial charge in [0.05, 0.1) is 5.69 Å². The van der Waals surface area contributed by atoms with Crippen LogP contribution in [-0.2, 0) is 5.41 Å². The molecule has 2 aromatic carbocycles. The van der Waals surface area contributed by atoms with E-state index in [4.69, 9.17) is 5.73 Å². The molecule has 3 N–H and O–H groups in total. The van der Waals surface area contributed by atoms with E-state index in [1.54, 1.807) is 10.9 Å². The van der Waals surface area contributed by atoms with Gasteiger partial charge in [0.25, 0.3) is 5.91 Å². The number of amides is 1. The number of nitrogens with two attached hydrogens (primary N) is 1. The summed E-state index contributed by atoms with van der Waals surface area (Å²) >= 11 is 0. The van der Waals surface area contributed by atoms with Crippen molar-refractivity contribution >= 4 is 17.4 Å². The van der Waals surface area contributed by atoms with E-state index in [9.17, 15) is 4.79 Å². The summed E-state index contributed by atoms with van der Waals surface area (Å²) in [5, 5.41) is 7.69. The number of nitrogens with zero attached hydrogens (tertiary/aromatic N) is 2. The minimum Gasteiger partial charge on any atom is -0.365 e. The van der Waals surface area contributed by atoms with Crippen LogP contribution in [0.2, 0.25) is 0 Å². The van der Waals surface area contributed by atoms with E-state index in [2.05, 4.69) is 43.3 Å². The maximum atomic E-state index is 11.8. The van der Waals surface area contributed by atoms with Crippen LogP contribution in [0.25, 0.3) is 5.69 Å². The van der Waals surface area contributed by atoms with Gasteiger partial charge in [-0.3, -0.25) is 4.79 Å². The van der Waals surface area contributed by atoms with E-state index >= 15 is 0 Å². The molecule has 1 heterocycles. The fourth-order valence-electron chi connectivity index (χ4n) is 2.67. The standard InChI is InChI=1S/C21H24N4O/c1-14-5-9-16(10-6-14)23-20-18(19(22)26)13-25(24-20)17-11-7-15(8-12-17)21(2,3)4/h5-13H,1-4H3,(H2,22,26)(H,23,24). The van der Waals surface area contributed by atoms with Gasteiger partial charge in [-0.25, -0.2) is 4.68 Å². The first-order chi connectivity index (χ1) is 12.2. The fourth-order valence-corrected chi connectivity index (χ4v) is 2.67. The van der Waals surface area contributed by atoms with Gasteiger partial charge in [-0.1, -0.05) is 50.6 Å². The van der Waals surface area contributed by atoms with Crippen LogP contribution >= 0.6 is 0 Å². The summed E-state index contributed by atoms with van der Waals surface area (Å²) in [6.45, 7) is 8.54. The predicted octanol–water partition coefficient (Wildman–Crippen LogP) is 4.32. The highest BCUT2D eigenvalue weighted by atomic mass is 16.1. The highest BCUT2D eigenvalue weighted by molar-refractivity contribution is 5.98. The molecule has 3 aromatic rings. The van der Waals surface area contributed by atoms with Gasteiger partial charge >= 0.3 is 0 Å². The maximum Gasteiger partial charge on any atom is 0.254 e. The number of hydrogen-bond donors (Lipinski definition) is 2. The number of benzene rings is 2. The lowest BCUT2D eigenvalue weighted by molar-refractivity contribution is 0.100. The third-order valence-electron chi connectivity index (χ3n) is 4.29. The SMILES string of the molecule is Cc1ccc(Nc2nn(-c3ccc(C(C)(C)C)cc3)cc2C(N)=O)cc1. The number of nitrogens with one attached hydrogen (secondary N) is 1. The molecule has 1 amide bonds. The largest absolute Gasteiger partial charge is 0.365 e. The monoisotopic (exact) mass is 348 g/mol. The molecule has 134 valence electrons. The van der Waals surface area contributed by atoms with Crippen molar-refractivity contribution in [2.75, 3.05) is 5.32 Å². The highest BCUT2D eigenvalue weighted by Gasteiger charge is 2.16. The molecular formula is C21H24N4O. The Bertz CT molecular complexity index is 916. The van der Waals surface area contributed by atoms with Crippen LogP contribution in [0, 0.1) is 6.92 Å². The summed E-state index contributed by atoms with van der Waals surface area (Å²) in [7, 11) is 0. The van der Waals surface area contributed by atoms with Crippen molar-refractivity contribution in [2.24, 2.45) is 5.73 Å². The summed E-state index contributed by atoms with van der Waals surface area (Å²) in [6, 6.07) is 16.0. The average Bonchev–Trinajstić information content (AvgIpc) is 3.00. The summed E-state index contributed by atoms with van der Waals surface area (Å²) in [5.41, 5.74) is 10.1. The molecule has 3 rings (SSSR count). The molecule has 0 aliphatic rings. The minimum absolute atomic E-state index is 0.0825. The van der Waals surface area contributed by atoms with Crippen LogP contribution < -0.4 is 11.1 Å². The van der Waals surface area contributed by atoms with Crippen molar-refractivity contribution in [1.29, 1.82) is 0 Å². The van der Waals surface area contributed by atoms with Gasteiger partial charge in [-0.2, -0.15) is 0 Å². The summed E-state index contributed by atoms with van der Waals surface area (Å²) in [4.78, 5) is 11.8. The van der Waals surface area contributed by atoms with Crippen molar-refractivity contribution in [3.63, 3.8) is 0 Å². The van der Waals surface area contributed by atoms with E-state index in [1.807, 2.05) is 43.3 Å². The number of rotatable bonds is 4.